The summed E-state index contributed by atoms with van der Waals surface area (Å²) in [6.07, 6.45) is 0. The highest BCUT2D eigenvalue weighted by molar-refractivity contribution is 7.89. The zero-order valence-corrected chi connectivity index (χ0v) is 16.1. The predicted molar refractivity (Wildman–Crippen MR) is 97.4 cm³/mol. The maximum atomic E-state index is 13.7. The van der Waals surface area contributed by atoms with Crippen molar-refractivity contribution in [1.82, 2.24) is 14.5 Å². The number of sulfonamides is 1. The molecule has 9 heteroatoms. The standard InChI is InChI=1S/C18H21F2N3O3S/c1-22(2)27(25,26)17-7-5-4-6-13(17)11-21-18(24)23(3)12-14-8-9-15(19)10-16(14)20/h4-10H,11-12H2,1-3H3,(H,21,24). The number of nitrogens with zero attached hydrogens (tertiary/aromatic N) is 2. The van der Waals surface area contributed by atoms with E-state index in [2.05, 4.69) is 5.32 Å². The Hall–Kier alpha value is -2.52. The average molecular weight is 397 g/mol. The third-order valence-electron chi connectivity index (χ3n) is 3.93. The van der Waals surface area contributed by atoms with E-state index in [0.29, 0.717) is 5.56 Å². The van der Waals surface area contributed by atoms with E-state index < -0.39 is 27.7 Å². The topological polar surface area (TPSA) is 69.7 Å². The number of nitrogens with one attached hydrogen (secondary N) is 1. The molecule has 0 aliphatic heterocycles. The highest BCUT2D eigenvalue weighted by Crippen LogP contribution is 2.18. The SMILES string of the molecule is CN(Cc1ccc(F)cc1F)C(=O)NCc1ccccc1S(=O)(=O)N(C)C. The van der Waals surface area contributed by atoms with Crippen molar-refractivity contribution >= 4 is 16.1 Å². The van der Waals surface area contributed by atoms with E-state index in [0.717, 1.165) is 16.4 Å². The molecule has 0 atom stereocenters. The number of carbonyl (C=O) groups excluding carboxylic acids is 1. The fraction of sp³-hybridized carbons (Fsp3) is 0.278. The lowest BCUT2D eigenvalue weighted by Gasteiger charge is -2.20. The number of rotatable bonds is 6. The lowest BCUT2D eigenvalue weighted by molar-refractivity contribution is 0.206. The molecular weight excluding hydrogens is 376 g/mol. The molecular formula is C18H21F2N3O3S. The normalized spacial score (nSPS) is 11.5. The number of hydrogen-bond acceptors (Lipinski definition) is 3. The van der Waals surface area contributed by atoms with Crippen molar-refractivity contribution in [2.75, 3.05) is 21.1 Å². The molecule has 0 saturated heterocycles. The Morgan fingerprint density at radius 1 is 1.04 bits per heavy atom. The molecule has 0 aromatic heterocycles. The summed E-state index contributed by atoms with van der Waals surface area (Å²) in [6, 6.07) is 8.98. The Labute approximate surface area is 157 Å². The van der Waals surface area contributed by atoms with Crippen LogP contribution in [-0.4, -0.2) is 44.8 Å². The van der Waals surface area contributed by atoms with Crippen molar-refractivity contribution in [2.45, 2.75) is 18.0 Å². The van der Waals surface area contributed by atoms with E-state index in [-0.39, 0.29) is 23.5 Å². The summed E-state index contributed by atoms with van der Waals surface area (Å²) in [5, 5.41) is 2.61. The average Bonchev–Trinajstić information content (AvgIpc) is 2.62. The van der Waals surface area contributed by atoms with Crippen LogP contribution in [0.3, 0.4) is 0 Å². The zero-order chi connectivity index (χ0) is 20.2. The summed E-state index contributed by atoms with van der Waals surface area (Å²) >= 11 is 0. The third-order valence-corrected chi connectivity index (χ3v) is 5.85. The maximum Gasteiger partial charge on any atom is 0.317 e. The smallest absolute Gasteiger partial charge is 0.317 e. The molecule has 1 N–H and O–H groups in total. The maximum absolute atomic E-state index is 13.7. The Bertz CT molecular complexity index is 933. The number of halogens is 2. The van der Waals surface area contributed by atoms with E-state index in [9.17, 15) is 22.0 Å². The van der Waals surface area contributed by atoms with Crippen LogP contribution in [0.5, 0.6) is 0 Å². The molecule has 0 unspecified atom stereocenters. The van der Waals surface area contributed by atoms with Crippen molar-refractivity contribution in [3.63, 3.8) is 0 Å². The molecule has 0 spiro atoms. The first-order valence-electron chi connectivity index (χ1n) is 8.06. The highest BCUT2D eigenvalue weighted by atomic mass is 32.2. The van der Waals surface area contributed by atoms with E-state index in [1.807, 2.05) is 0 Å². The summed E-state index contributed by atoms with van der Waals surface area (Å²) in [6.45, 7) is -0.0755. The molecule has 2 aromatic rings. The number of benzene rings is 2. The zero-order valence-electron chi connectivity index (χ0n) is 15.2. The third kappa shape index (κ3) is 5.01. The van der Waals surface area contributed by atoms with Gasteiger partial charge in [0.15, 0.2) is 0 Å². The Balaban J connectivity index is 2.07. The van der Waals surface area contributed by atoms with Gasteiger partial charge in [0.2, 0.25) is 10.0 Å². The minimum absolute atomic E-state index is 0.0156. The second-order valence-electron chi connectivity index (χ2n) is 6.15. The van der Waals surface area contributed by atoms with Crippen LogP contribution in [0.25, 0.3) is 0 Å². The first kappa shape index (κ1) is 20.8. The van der Waals surface area contributed by atoms with E-state index >= 15 is 0 Å². The fourth-order valence-corrected chi connectivity index (χ4v) is 3.50. The van der Waals surface area contributed by atoms with Gasteiger partial charge in [-0.05, 0) is 17.7 Å². The molecule has 0 aliphatic rings. The molecule has 0 bridgehead atoms. The summed E-state index contributed by atoms with van der Waals surface area (Å²) in [7, 11) is 0.661. The summed E-state index contributed by atoms with van der Waals surface area (Å²) in [5.74, 6) is -1.43. The van der Waals surface area contributed by atoms with Crippen molar-refractivity contribution in [1.29, 1.82) is 0 Å². The lowest BCUT2D eigenvalue weighted by Crippen LogP contribution is -2.37. The van der Waals surface area contributed by atoms with Gasteiger partial charge in [-0.2, -0.15) is 0 Å². The van der Waals surface area contributed by atoms with Crippen LogP contribution in [0, 0.1) is 11.6 Å². The van der Waals surface area contributed by atoms with Gasteiger partial charge in [-0.1, -0.05) is 24.3 Å². The van der Waals surface area contributed by atoms with Gasteiger partial charge < -0.3 is 10.2 Å². The summed E-state index contributed by atoms with van der Waals surface area (Å²) in [5.41, 5.74) is 0.602. The van der Waals surface area contributed by atoms with Crippen LogP contribution in [0.2, 0.25) is 0 Å². The van der Waals surface area contributed by atoms with Crippen LogP contribution in [0.1, 0.15) is 11.1 Å². The first-order valence-corrected chi connectivity index (χ1v) is 9.50. The van der Waals surface area contributed by atoms with Gasteiger partial charge in [0.25, 0.3) is 0 Å². The van der Waals surface area contributed by atoms with Gasteiger partial charge in [0, 0.05) is 45.9 Å². The molecule has 0 aliphatic carbocycles. The van der Waals surface area contributed by atoms with Crippen LogP contribution >= 0.6 is 0 Å². The number of carbonyl (C=O) groups is 1. The predicted octanol–water partition coefficient (Wildman–Crippen LogP) is 2.56. The minimum atomic E-state index is -3.65. The summed E-state index contributed by atoms with van der Waals surface area (Å²) in [4.78, 5) is 13.6. The summed E-state index contributed by atoms with van der Waals surface area (Å²) < 4.78 is 52.5. The number of hydrogen-bond donors (Lipinski definition) is 1. The van der Waals surface area contributed by atoms with Crippen molar-refractivity contribution < 1.29 is 22.0 Å². The van der Waals surface area contributed by atoms with E-state index in [4.69, 9.17) is 0 Å². The molecule has 2 amide bonds. The second-order valence-corrected chi connectivity index (χ2v) is 8.27. The van der Waals surface area contributed by atoms with E-state index in [1.54, 1.807) is 18.2 Å². The molecule has 146 valence electrons. The van der Waals surface area contributed by atoms with Gasteiger partial charge in [0.05, 0.1) is 4.90 Å². The molecule has 0 fully saturated rings. The molecule has 0 heterocycles. The first-order chi connectivity index (χ1) is 12.6. The van der Waals surface area contributed by atoms with Gasteiger partial charge >= 0.3 is 6.03 Å². The van der Waals surface area contributed by atoms with Crippen molar-refractivity contribution in [2.24, 2.45) is 0 Å². The monoisotopic (exact) mass is 397 g/mol. The Morgan fingerprint density at radius 3 is 2.33 bits per heavy atom. The molecule has 2 aromatic carbocycles. The molecule has 0 saturated carbocycles. The molecule has 27 heavy (non-hydrogen) atoms. The quantitative estimate of drug-likeness (QED) is 0.815. The second kappa shape index (κ2) is 8.45. The minimum Gasteiger partial charge on any atom is -0.334 e. The fourth-order valence-electron chi connectivity index (χ4n) is 2.38. The Kier molecular flexibility index (Phi) is 6.50. The van der Waals surface area contributed by atoms with E-state index in [1.165, 1.54) is 38.2 Å². The molecule has 6 nitrogen and oxygen atoms in total. The highest BCUT2D eigenvalue weighted by Gasteiger charge is 2.21. The van der Waals surface area contributed by atoms with Crippen molar-refractivity contribution in [3.05, 3.63) is 65.2 Å². The van der Waals surface area contributed by atoms with Crippen LogP contribution in [-0.2, 0) is 23.1 Å². The van der Waals surface area contributed by atoms with Gasteiger partial charge in [-0.3, -0.25) is 0 Å². The number of urea groups is 1. The lowest BCUT2D eigenvalue weighted by atomic mass is 10.2. The van der Waals surface area contributed by atoms with Gasteiger partial charge in [-0.25, -0.2) is 26.3 Å². The van der Waals surface area contributed by atoms with Crippen LogP contribution in [0.4, 0.5) is 13.6 Å². The molecule has 2 rings (SSSR count). The Morgan fingerprint density at radius 2 is 1.70 bits per heavy atom. The van der Waals surface area contributed by atoms with Crippen molar-refractivity contribution in [3.8, 4) is 0 Å². The van der Waals surface area contributed by atoms with Gasteiger partial charge in [0.1, 0.15) is 11.6 Å². The molecule has 0 radical (unpaired) electrons. The number of amides is 2. The van der Waals surface area contributed by atoms with Gasteiger partial charge in [-0.15, -0.1) is 0 Å². The van der Waals surface area contributed by atoms with Crippen LogP contribution in [0.15, 0.2) is 47.4 Å². The van der Waals surface area contributed by atoms with Crippen LogP contribution < -0.4 is 5.32 Å². The largest absolute Gasteiger partial charge is 0.334 e.